The molecule has 0 spiro atoms. The zero-order valence-electron chi connectivity index (χ0n) is 16.4. The largest absolute Gasteiger partial charge is 0.338 e. The molecule has 1 fully saturated rings. The van der Waals surface area contributed by atoms with E-state index in [-0.39, 0.29) is 28.6 Å². The standard InChI is InChI=1S/C19H26N4O3S2/c1-4-23(12-15-8-6-5-7-9-15)18(24)14(2)27-19-21-20-17(22(19)3)16-10-11-28(25,26)13-16/h5-9,14,16H,4,10-13H2,1-3H3/t14-,16+/m0/s1. The van der Waals surface area contributed by atoms with Gasteiger partial charge in [-0.05, 0) is 25.8 Å². The van der Waals surface area contributed by atoms with Crippen molar-refractivity contribution in [2.75, 3.05) is 18.1 Å². The van der Waals surface area contributed by atoms with Crippen molar-refractivity contribution in [1.29, 1.82) is 0 Å². The normalized spacial score (nSPS) is 19.5. The molecule has 3 rings (SSSR count). The number of thioether (sulfide) groups is 1. The van der Waals surface area contributed by atoms with E-state index >= 15 is 0 Å². The van der Waals surface area contributed by atoms with Crippen molar-refractivity contribution in [1.82, 2.24) is 19.7 Å². The summed E-state index contributed by atoms with van der Waals surface area (Å²) in [7, 11) is -1.15. The number of rotatable bonds is 7. The van der Waals surface area contributed by atoms with Gasteiger partial charge < -0.3 is 9.47 Å². The van der Waals surface area contributed by atoms with E-state index in [9.17, 15) is 13.2 Å². The van der Waals surface area contributed by atoms with E-state index in [1.54, 1.807) is 0 Å². The molecule has 0 saturated carbocycles. The van der Waals surface area contributed by atoms with Crippen LogP contribution in [0.2, 0.25) is 0 Å². The monoisotopic (exact) mass is 422 g/mol. The van der Waals surface area contributed by atoms with E-state index in [2.05, 4.69) is 10.2 Å². The molecule has 28 heavy (non-hydrogen) atoms. The minimum Gasteiger partial charge on any atom is -0.338 e. The molecule has 7 nitrogen and oxygen atoms in total. The van der Waals surface area contributed by atoms with Crippen LogP contribution >= 0.6 is 11.8 Å². The zero-order chi connectivity index (χ0) is 20.3. The molecular formula is C19H26N4O3S2. The zero-order valence-corrected chi connectivity index (χ0v) is 18.0. The quantitative estimate of drug-likeness (QED) is 0.636. The van der Waals surface area contributed by atoms with Crippen LogP contribution in [-0.4, -0.2) is 57.3 Å². The summed E-state index contributed by atoms with van der Waals surface area (Å²) in [6, 6.07) is 9.92. The van der Waals surface area contributed by atoms with Crippen LogP contribution < -0.4 is 0 Å². The highest BCUT2D eigenvalue weighted by Crippen LogP contribution is 2.30. The van der Waals surface area contributed by atoms with Crippen molar-refractivity contribution in [2.45, 2.75) is 43.1 Å². The number of hydrogen-bond donors (Lipinski definition) is 0. The Hall–Kier alpha value is -1.87. The third-order valence-corrected chi connectivity index (χ3v) is 7.90. The maximum atomic E-state index is 12.9. The van der Waals surface area contributed by atoms with Gasteiger partial charge in [-0.15, -0.1) is 10.2 Å². The lowest BCUT2D eigenvalue weighted by molar-refractivity contribution is -0.130. The fourth-order valence-corrected chi connectivity index (χ4v) is 6.04. The van der Waals surface area contributed by atoms with Gasteiger partial charge in [-0.25, -0.2) is 8.42 Å². The number of sulfone groups is 1. The Morgan fingerprint density at radius 2 is 2.04 bits per heavy atom. The van der Waals surface area contributed by atoms with E-state index in [1.807, 2.05) is 60.7 Å². The molecule has 9 heteroatoms. The van der Waals surface area contributed by atoms with Gasteiger partial charge in [-0.2, -0.15) is 0 Å². The molecule has 2 aromatic rings. The first-order valence-electron chi connectivity index (χ1n) is 9.39. The maximum Gasteiger partial charge on any atom is 0.236 e. The second-order valence-corrected chi connectivity index (χ2v) is 10.6. The summed E-state index contributed by atoms with van der Waals surface area (Å²) in [5, 5.41) is 8.74. The summed E-state index contributed by atoms with van der Waals surface area (Å²) >= 11 is 1.36. The SMILES string of the molecule is CCN(Cc1ccccc1)C(=O)[C@H](C)Sc1nnc([C@@H]2CCS(=O)(=O)C2)n1C. The van der Waals surface area contributed by atoms with Crippen LogP contribution in [0.3, 0.4) is 0 Å². The number of benzene rings is 1. The van der Waals surface area contributed by atoms with Gasteiger partial charge in [0.15, 0.2) is 15.0 Å². The topological polar surface area (TPSA) is 85.2 Å². The van der Waals surface area contributed by atoms with Gasteiger partial charge in [0, 0.05) is 26.1 Å². The van der Waals surface area contributed by atoms with E-state index in [0.717, 1.165) is 5.56 Å². The summed E-state index contributed by atoms with van der Waals surface area (Å²) in [5.41, 5.74) is 1.10. The molecule has 2 atom stereocenters. The highest BCUT2D eigenvalue weighted by molar-refractivity contribution is 8.00. The predicted octanol–water partition coefficient (Wildman–Crippen LogP) is 2.25. The molecule has 1 aliphatic heterocycles. The third-order valence-electron chi connectivity index (χ3n) is 5.01. The van der Waals surface area contributed by atoms with E-state index in [4.69, 9.17) is 0 Å². The van der Waals surface area contributed by atoms with E-state index < -0.39 is 9.84 Å². The van der Waals surface area contributed by atoms with Gasteiger partial charge in [0.25, 0.3) is 0 Å². The highest BCUT2D eigenvalue weighted by atomic mass is 32.2. The lowest BCUT2D eigenvalue weighted by Gasteiger charge is -2.24. The summed E-state index contributed by atoms with van der Waals surface area (Å²) < 4.78 is 25.3. The molecule has 152 valence electrons. The van der Waals surface area contributed by atoms with Crippen molar-refractivity contribution in [2.24, 2.45) is 7.05 Å². The van der Waals surface area contributed by atoms with Crippen LogP contribution in [0.1, 0.15) is 37.6 Å². The molecule has 0 N–H and O–H groups in total. The first kappa shape index (κ1) is 20.9. The Balaban J connectivity index is 1.67. The Labute approximate surface area is 170 Å². The van der Waals surface area contributed by atoms with Gasteiger partial charge in [0.05, 0.1) is 16.8 Å². The average molecular weight is 423 g/mol. The Kier molecular flexibility index (Phi) is 6.44. The van der Waals surface area contributed by atoms with Crippen LogP contribution in [0.4, 0.5) is 0 Å². The number of carbonyl (C=O) groups is 1. The highest BCUT2D eigenvalue weighted by Gasteiger charge is 2.33. The van der Waals surface area contributed by atoms with Gasteiger partial charge in [0.2, 0.25) is 5.91 Å². The van der Waals surface area contributed by atoms with Crippen LogP contribution in [0.5, 0.6) is 0 Å². The number of amides is 1. The van der Waals surface area contributed by atoms with Crippen LogP contribution in [0.15, 0.2) is 35.5 Å². The molecular weight excluding hydrogens is 396 g/mol. The second kappa shape index (κ2) is 8.65. The van der Waals surface area contributed by atoms with Gasteiger partial charge in [-0.3, -0.25) is 4.79 Å². The molecule has 0 radical (unpaired) electrons. The first-order valence-corrected chi connectivity index (χ1v) is 12.1. The fraction of sp³-hybridized carbons (Fsp3) is 0.526. The molecule has 0 bridgehead atoms. The molecule has 0 unspecified atom stereocenters. The molecule has 1 aromatic heterocycles. The van der Waals surface area contributed by atoms with E-state index in [0.29, 0.717) is 30.5 Å². The third kappa shape index (κ3) is 4.75. The van der Waals surface area contributed by atoms with Crippen molar-refractivity contribution >= 4 is 27.5 Å². The number of hydrogen-bond acceptors (Lipinski definition) is 6. The van der Waals surface area contributed by atoms with E-state index in [1.165, 1.54) is 11.8 Å². The molecule has 2 heterocycles. The van der Waals surface area contributed by atoms with Crippen LogP contribution in [0.25, 0.3) is 0 Å². The summed E-state index contributed by atoms with van der Waals surface area (Å²) in [6.45, 7) is 5.04. The van der Waals surface area contributed by atoms with Gasteiger partial charge >= 0.3 is 0 Å². The first-order chi connectivity index (χ1) is 13.3. The van der Waals surface area contributed by atoms with Crippen LogP contribution in [-0.2, 0) is 28.2 Å². The molecule has 1 saturated heterocycles. The fourth-order valence-electron chi connectivity index (χ4n) is 3.40. The Morgan fingerprint density at radius 3 is 2.64 bits per heavy atom. The molecule has 1 aromatic carbocycles. The van der Waals surface area contributed by atoms with Crippen LogP contribution in [0, 0.1) is 0 Å². The number of aromatic nitrogens is 3. The summed E-state index contributed by atoms with van der Waals surface area (Å²) in [4.78, 5) is 14.7. The number of nitrogens with zero attached hydrogens (tertiary/aromatic N) is 4. The molecule has 1 aliphatic rings. The van der Waals surface area contributed by atoms with Crippen molar-refractivity contribution in [3.63, 3.8) is 0 Å². The minimum absolute atomic E-state index is 0.0457. The van der Waals surface area contributed by atoms with Crippen molar-refractivity contribution in [3.05, 3.63) is 41.7 Å². The lowest BCUT2D eigenvalue weighted by Crippen LogP contribution is -2.36. The molecule has 1 amide bonds. The Bertz CT molecular complexity index is 928. The lowest BCUT2D eigenvalue weighted by atomic mass is 10.1. The van der Waals surface area contributed by atoms with Gasteiger partial charge in [-0.1, -0.05) is 42.1 Å². The average Bonchev–Trinajstić information content (AvgIpc) is 3.22. The van der Waals surface area contributed by atoms with Gasteiger partial charge in [0.1, 0.15) is 5.82 Å². The Morgan fingerprint density at radius 1 is 1.32 bits per heavy atom. The van der Waals surface area contributed by atoms with Crippen molar-refractivity contribution < 1.29 is 13.2 Å². The van der Waals surface area contributed by atoms with Crippen molar-refractivity contribution in [3.8, 4) is 0 Å². The molecule has 0 aliphatic carbocycles. The second-order valence-electron chi connectivity index (χ2n) is 7.10. The minimum atomic E-state index is -2.98. The maximum absolute atomic E-state index is 12.9. The summed E-state index contributed by atoms with van der Waals surface area (Å²) in [5.74, 6) is 0.934. The smallest absolute Gasteiger partial charge is 0.236 e. The number of carbonyl (C=O) groups excluding carboxylic acids is 1. The predicted molar refractivity (Wildman–Crippen MR) is 110 cm³/mol. The summed E-state index contributed by atoms with van der Waals surface area (Å²) in [6.07, 6.45) is 0.578.